The summed E-state index contributed by atoms with van der Waals surface area (Å²) in [5.41, 5.74) is 13.3. The molecule has 3 heteroatoms. The van der Waals surface area contributed by atoms with Crippen LogP contribution in [0.1, 0.15) is 116 Å². The molecular weight excluding hydrogens is 787 g/mol. The molecule has 1 saturated carbocycles. The number of benzene rings is 5. The zero-order valence-corrected chi connectivity index (χ0v) is 38.6. The van der Waals surface area contributed by atoms with Crippen LogP contribution >= 0.6 is 0 Å². The molecule has 3 aromatic heterocycles. The predicted octanol–water partition coefficient (Wildman–Crippen LogP) is 15.7. The minimum absolute atomic E-state index is 0.231. The van der Waals surface area contributed by atoms with E-state index in [2.05, 4.69) is 107 Å². The Morgan fingerprint density at radius 3 is 1.48 bits per heavy atom. The van der Waals surface area contributed by atoms with Crippen LogP contribution in [-0.4, -0.2) is 15.0 Å². The molecule has 3 nitrogen and oxygen atoms in total. The normalized spacial score (nSPS) is 14.8. The first-order chi connectivity index (χ1) is 33.1. The van der Waals surface area contributed by atoms with E-state index in [0.717, 1.165) is 80.0 Å². The summed E-state index contributed by atoms with van der Waals surface area (Å²) in [4.78, 5) is 14.6. The lowest BCUT2D eigenvalue weighted by molar-refractivity contribution is 0.443. The highest BCUT2D eigenvalue weighted by molar-refractivity contribution is 5.74. The smallest absolute Gasteiger partial charge is 0.0708 e. The van der Waals surface area contributed by atoms with E-state index >= 15 is 0 Å². The van der Waals surface area contributed by atoms with Gasteiger partial charge in [-0.3, -0.25) is 15.0 Å². The Kier molecular flexibility index (Phi) is 11.6. The maximum Gasteiger partial charge on any atom is 0.0708 e. The Bertz CT molecular complexity index is 2900. The number of aromatic nitrogens is 3. The lowest BCUT2D eigenvalue weighted by atomic mass is 9.77. The molecule has 65 heavy (non-hydrogen) atoms. The molecular formula is C62H63N3. The van der Waals surface area contributed by atoms with Gasteiger partial charge in [0.25, 0.3) is 0 Å². The first-order valence-electron chi connectivity index (χ1n) is 25.4. The van der Waals surface area contributed by atoms with Crippen LogP contribution in [0.15, 0.2) is 176 Å². The van der Waals surface area contributed by atoms with Crippen LogP contribution in [0.3, 0.4) is 0 Å². The van der Waals surface area contributed by atoms with Gasteiger partial charge in [-0.15, -0.1) is 0 Å². The fraction of sp³-hybridized carbons (Fsp3) is 0.274. The van der Waals surface area contributed by atoms with Crippen molar-refractivity contribution >= 4 is 0 Å². The van der Waals surface area contributed by atoms with Crippen LogP contribution in [0.4, 0.5) is 0 Å². The lowest BCUT2D eigenvalue weighted by Gasteiger charge is -2.28. The molecule has 0 saturated heterocycles. The minimum Gasteiger partial charge on any atom is -0.256 e. The summed E-state index contributed by atoms with van der Waals surface area (Å²) < 4.78 is 40.3. The Morgan fingerprint density at radius 2 is 0.969 bits per heavy atom. The number of hydrogen-bond donors (Lipinski definition) is 0. The Balaban J connectivity index is 1.13. The van der Waals surface area contributed by atoms with Gasteiger partial charge in [-0.1, -0.05) is 192 Å². The summed E-state index contributed by atoms with van der Waals surface area (Å²) >= 11 is 0. The first kappa shape index (κ1) is 39.0. The maximum absolute atomic E-state index is 10.1. The molecule has 1 aliphatic carbocycles. The second kappa shape index (κ2) is 19.3. The van der Waals surface area contributed by atoms with E-state index in [1.54, 1.807) is 6.20 Å². The van der Waals surface area contributed by atoms with Gasteiger partial charge in [0, 0.05) is 40.8 Å². The molecule has 9 rings (SSSR count). The highest BCUT2D eigenvalue weighted by Gasteiger charge is 2.26. The molecule has 0 unspecified atom stereocenters. The third kappa shape index (κ3) is 10.6. The first-order valence-corrected chi connectivity index (χ1v) is 23.4. The highest BCUT2D eigenvalue weighted by atomic mass is 14.7. The lowest BCUT2D eigenvalue weighted by Crippen LogP contribution is -2.23. The van der Waals surface area contributed by atoms with Crippen molar-refractivity contribution in [3.05, 3.63) is 221 Å². The molecule has 1 aliphatic rings. The van der Waals surface area contributed by atoms with Gasteiger partial charge < -0.3 is 0 Å². The van der Waals surface area contributed by atoms with Crippen molar-refractivity contribution in [2.45, 2.75) is 109 Å². The van der Waals surface area contributed by atoms with Crippen molar-refractivity contribution in [2.24, 2.45) is 0 Å². The molecule has 0 bridgehead atoms. The summed E-state index contributed by atoms with van der Waals surface area (Å²) in [6.07, 6.45) is 7.64. The molecule has 326 valence electrons. The van der Waals surface area contributed by atoms with Crippen LogP contribution in [0.25, 0.3) is 44.9 Å². The van der Waals surface area contributed by atoms with E-state index in [-0.39, 0.29) is 16.4 Å². The fourth-order valence-corrected chi connectivity index (χ4v) is 9.75. The summed E-state index contributed by atoms with van der Waals surface area (Å²) in [5, 5.41) is 0. The van der Waals surface area contributed by atoms with Crippen LogP contribution in [0.5, 0.6) is 0 Å². The molecule has 0 radical (unpaired) electrons. The molecule has 0 spiro atoms. The Hall–Kier alpha value is -6.45. The minimum atomic E-state index is -2.51. The zero-order valence-electron chi connectivity index (χ0n) is 42.6. The number of rotatable bonds is 14. The second-order valence-electron chi connectivity index (χ2n) is 19.5. The van der Waals surface area contributed by atoms with Gasteiger partial charge in [0.1, 0.15) is 0 Å². The maximum atomic E-state index is 10.1. The van der Waals surface area contributed by atoms with E-state index in [9.17, 15) is 5.48 Å². The summed E-state index contributed by atoms with van der Waals surface area (Å²) in [6, 6.07) is 53.3. The van der Waals surface area contributed by atoms with E-state index < -0.39 is 12.7 Å². The quantitative estimate of drug-likeness (QED) is 0.109. The number of pyridine rings is 3. The van der Waals surface area contributed by atoms with Crippen molar-refractivity contribution in [1.82, 2.24) is 15.0 Å². The topological polar surface area (TPSA) is 38.7 Å². The van der Waals surface area contributed by atoms with Crippen LogP contribution in [0, 0.1) is 6.92 Å². The van der Waals surface area contributed by atoms with Gasteiger partial charge in [-0.25, -0.2) is 0 Å². The molecule has 0 amide bonds. The van der Waals surface area contributed by atoms with E-state index in [1.807, 2.05) is 97.3 Å². The van der Waals surface area contributed by atoms with Crippen molar-refractivity contribution < 1.29 is 5.48 Å². The highest BCUT2D eigenvalue weighted by Crippen LogP contribution is 2.38. The van der Waals surface area contributed by atoms with Crippen molar-refractivity contribution in [2.75, 3.05) is 0 Å². The van der Waals surface area contributed by atoms with Gasteiger partial charge in [0.15, 0.2) is 0 Å². The zero-order chi connectivity index (χ0) is 48.4. The molecule has 1 fully saturated rings. The van der Waals surface area contributed by atoms with E-state index in [1.165, 1.54) is 24.8 Å². The third-order valence-electron chi connectivity index (χ3n) is 13.4. The third-order valence-corrected chi connectivity index (χ3v) is 13.4. The number of hydrogen-bond acceptors (Lipinski definition) is 3. The standard InChI is InChI=1S/C62H63N3/c1-44-32-53(48-18-10-6-11-19-48)37-54(33-44)57-38-60(51-24-16-9-17-25-51)63-41-52(57)27-26-45-34-46(39-61(2,3)55-28-30-58(64-42-55)49-20-12-7-13-21-49)36-47(35-45)40-62(4,5)56-29-31-59(65-43-56)50-22-14-8-15-23-50/h7-9,12-17,20-25,28-38,41-43,48H,6,10-11,18-19,26-27,39-40H2,1-5H3/i26D2,27D2. The average molecular weight is 854 g/mol. The van der Waals surface area contributed by atoms with Crippen molar-refractivity contribution in [1.29, 1.82) is 0 Å². The Labute approximate surface area is 393 Å². The average Bonchev–Trinajstić information content (AvgIpc) is 3.36. The molecule has 0 N–H and O–H groups in total. The monoisotopic (exact) mass is 854 g/mol. The number of nitrogens with zero attached hydrogens (tertiary/aromatic N) is 3. The summed E-state index contributed by atoms with van der Waals surface area (Å²) in [5.74, 6) is 0.448. The van der Waals surface area contributed by atoms with Crippen molar-refractivity contribution in [3.8, 4) is 44.9 Å². The SMILES string of the molecule is [2H]C([2H])(c1cc(CC(C)(C)c2ccc(-c3ccccc3)nc2)cc(CC(C)(C)c2ccc(-c3ccccc3)nc2)c1)C([2H])([2H])c1cnc(-c2ccccc2)cc1-c1cc(C)cc(C2CCCCC2)c1. The summed E-state index contributed by atoms with van der Waals surface area (Å²) in [7, 11) is 0. The van der Waals surface area contributed by atoms with Gasteiger partial charge in [-0.2, -0.15) is 0 Å². The molecule has 0 atom stereocenters. The molecule has 5 aromatic carbocycles. The molecule has 0 aliphatic heterocycles. The van der Waals surface area contributed by atoms with Gasteiger partial charge >= 0.3 is 0 Å². The van der Waals surface area contributed by atoms with Gasteiger partial charge in [-0.05, 0) is 130 Å². The van der Waals surface area contributed by atoms with Crippen LogP contribution in [0.2, 0.25) is 0 Å². The van der Waals surface area contributed by atoms with Crippen LogP contribution in [-0.2, 0) is 36.4 Å². The van der Waals surface area contributed by atoms with Gasteiger partial charge in [0.2, 0.25) is 0 Å². The molecule has 8 aromatic rings. The summed E-state index contributed by atoms with van der Waals surface area (Å²) in [6.45, 7) is 10.9. The Morgan fingerprint density at radius 1 is 0.477 bits per heavy atom. The predicted molar refractivity (Wildman–Crippen MR) is 272 cm³/mol. The van der Waals surface area contributed by atoms with E-state index in [0.29, 0.717) is 29.9 Å². The molecule has 3 heterocycles. The second-order valence-corrected chi connectivity index (χ2v) is 19.5. The number of aryl methyl sites for hydroxylation is 3. The fourth-order valence-electron chi connectivity index (χ4n) is 9.75. The van der Waals surface area contributed by atoms with Crippen LogP contribution < -0.4 is 0 Å². The van der Waals surface area contributed by atoms with Gasteiger partial charge in [0.05, 0.1) is 17.1 Å². The van der Waals surface area contributed by atoms with Crippen molar-refractivity contribution in [3.63, 3.8) is 0 Å². The largest absolute Gasteiger partial charge is 0.256 e. The van der Waals surface area contributed by atoms with E-state index in [4.69, 9.17) is 15.0 Å².